The molecule has 0 heterocycles. The van der Waals surface area contributed by atoms with Crippen molar-refractivity contribution in [3.8, 4) is 5.75 Å². The van der Waals surface area contributed by atoms with Gasteiger partial charge in [0.1, 0.15) is 11.8 Å². The summed E-state index contributed by atoms with van der Waals surface area (Å²) in [5.74, 6) is -1.20. The van der Waals surface area contributed by atoms with Crippen LogP contribution in [0.5, 0.6) is 5.75 Å². The summed E-state index contributed by atoms with van der Waals surface area (Å²) in [7, 11) is 1.46. The van der Waals surface area contributed by atoms with Gasteiger partial charge in [-0.3, -0.25) is 19.7 Å². The van der Waals surface area contributed by atoms with Gasteiger partial charge in [-0.1, -0.05) is 13.3 Å². The van der Waals surface area contributed by atoms with Gasteiger partial charge >= 0.3 is 5.97 Å². The number of carbonyl (C=O) groups excluding carboxylic acids is 2. The number of aliphatic carboxylic acids is 1. The second-order valence-corrected chi connectivity index (χ2v) is 5.65. The lowest BCUT2D eigenvalue weighted by Crippen LogP contribution is -2.47. The maximum atomic E-state index is 12.4. The van der Waals surface area contributed by atoms with Crippen LogP contribution in [0.25, 0.3) is 0 Å². The van der Waals surface area contributed by atoms with E-state index in [1.807, 2.05) is 6.92 Å². The summed E-state index contributed by atoms with van der Waals surface area (Å²) in [4.78, 5) is 34.7. The average molecular weight is 351 g/mol. The first kappa shape index (κ1) is 20.4. The number of carboxylic acids is 1. The molecular formula is C17H25N3O5. The van der Waals surface area contributed by atoms with Crippen molar-refractivity contribution in [2.75, 3.05) is 17.7 Å². The lowest BCUT2D eigenvalue weighted by molar-refractivity contribution is -0.140. The highest BCUT2D eigenvalue weighted by atomic mass is 16.5. The first-order valence-electron chi connectivity index (χ1n) is 8.03. The second kappa shape index (κ2) is 9.63. The second-order valence-electron chi connectivity index (χ2n) is 5.65. The van der Waals surface area contributed by atoms with Crippen LogP contribution in [-0.2, 0) is 14.4 Å². The Morgan fingerprint density at radius 3 is 2.44 bits per heavy atom. The minimum atomic E-state index is -0.994. The molecule has 0 aliphatic carbocycles. The van der Waals surface area contributed by atoms with Gasteiger partial charge in [-0.05, 0) is 31.5 Å². The molecule has 0 bridgehead atoms. The summed E-state index contributed by atoms with van der Waals surface area (Å²) in [5, 5.41) is 17.3. The first-order chi connectivity index (χ1) is 11.8. The Morgan fingerprint density at radius 2 is 1.92 bits per heavy atom. The summed E-state index contributed by atoms with van der Waals surface area (Å²) in [6.45, 7) is 4.85. The molecule has 2 atom stereocenters. The highest BCUT2D eigenvalue weighted by Gasteiger charge is 2.23. The molecule has 0 aliphatic rings. The van der Waals surface area contributed by atoms with E-state index in [0.717, 1.165) is 0 Å². The van der Waals surface area contributed by atoms with Crippen molar-refractivity contribution in [3.05, 3.63) is 18.2 Å². The molecule has 1 aromatic rings. The molecule has 8 heteroatoms. The Balaban J connectivity index is 2.86. The Morgan fingerprint density at radius 1 is 1.24 bits per heavy atom. The van der Waals surface area contributed by atoms with Crippen LogP contribution in [0.1, 0.15) is 33.6 Å². The monoisotopic (exact) mass is 351 g/mol. The number of ether oxygens (including phenoxy) is 1. The summed E-state index contributed by atoms with van der Waals surface area (Å²) in [6.07, 6.45) is 1.11. The van der Waals surface area contributed by atoms with Gasteiger partial charge in [-0.15, -0.1) is 0 Å². The fourth-order valence-electron chi connectivity index (χ4n) is 2.27. The predicted molar refractivity (Wildman–Crippen MR) is 94.9 cm³/mol. The van der Waals surface area contributed by atoms with E-state index in [-0.39, 0.29) is 5.91 Å². The largest absolute Gasteiger partial charge is 0.495 e. The number of nitrogens with one attached hydrogen (secondary N) is 3. The van der Waals surface area contributed by atoms with E-state index in [2.05, 4.69) is 16.0 Å². The summed E-state index contributed by atoms with van der Waals surface area (Å²) < 4.78 is 5.20. The van der Waals surface area contributed by atoms with Gasteiger partial charge in [0.15, 0.2) is 0 Å². The minimum Gasteiger partial charge on any atom is -0.495 e. The zero-order valence-electron chi connectivity index (χ0n) is 14.9. The Labute approximate surface area is 146 Å². The Kier molecular flexibility index (Phi) is 7.87. The number of hydrogen-bond donors (Lipinski definition) is 4. The molecule has 0 radical (unpaired) electrons. The van der Waals surface area contributed by atoms with E-state index in [0.29, 0.717) is 30.0 Å². The van der Waals surface area contributed by atoms with Crippen molar-refractivity contribution in [2.45, 2.75) is 45.7 Å². The molecule has 2 unspecified atom stereocenters. The van der Waals surface area contributed by atoms with Crippen LogP contribution in [0.15, 0.2) is 18.2 Å². The summed E-state index contributed by atoms with van der Waals surface area (Å²) in [5.41, 5.74) is 0.897. The molecule has 0 saturated carbocycles. The molecule has 0 saturated heterocycles. The molecule has 0 aliphatic heterocycles. The molecule has 1 rings (SSSR count). The molecule has 0 spiro atoms. The highest BCUT2D eigenvalue weighted by molar-refractivity contribution is 5.97. The molecular weight excluding hydrogens is 326 g/mol. The smallest absolute Gasteiger partial charge is 0.320 e. The lowest BCUT2D eigenvalue weighted by Gasteiger charge is -2.20. The van der Waals surface area contributed by atoms with E-state index in [1.54, 1.807) is 25.1 Å². The number of carboxylic acid groups (broad SMARTS) is 1. The quantitative estimate of drug-likeness (QED) is 0.539. The number of anilines is 2. The van der Waals surface area contributed by atoms with Crippen LogP contribution >= 0.6 is 0 Å². The van der Waals surface area contributed by atoms with Crippen LogP contribution in [0.2, 0.25) is 0 Å². The topological polar surface area (TPSA) is 117 Å². The van der Waals surface area contributed by atoms with Crippen LogP contribution in [0.4, 0.5) is 11.4 Å². The number of hydrogen-bond acceptors (Lipinski definition) is 5. The van der Waals surface area contributed by atoms with Gasteiger partial charge < -0.3 is 20.5 Å². The maximum Gasteiger partial charge on any atom is 0.320 e. The van der Waals surface area contributed by atoms with Gasteiger partial charge in [0.25, 0.3) is 0 Å². The number of rotatable bonds is 9. The summed E-state index contributed by atoms with van der Waals surface area (Å²) >= 11 is 0. The Bertz CT molecular complexity index is 633. The fourth-order valence-corrected chi connectivity index (χ4v) is 2.27. The predicted octanol–water partition coefficient (Wildman–Crippen LogP) is 1.82. The standard InChI is InChI=1S/C17H25N3O5/c1-5-6-13(17(23)24)18-10(2)16(22)20-14-9-12(19-11(3)21)7-8-15(14)25-4/h7-10,13,18H,5-6H2,1-4H3,(H,19,21)(H,20,22)(H,23,24). The third-order valence-corrected chi connectivity index (χ3v) is 3.50. The lowest BCUT2D eigenvalue weighted by atomic mass is 10.1. The van der Waals surface area contributed by atoms with Crippen molar-refractivity contribution in [2.24, 2.45) is 0 Å². The average Bonchev–Trinajstić information content (AvgIpc) is 2.53. The fraction of sp³-hybridized carbons (Fsp3) is 0.471. The van der Waals surface area contributed by atoms with Gasteiger partial charge in [-0.2, -0.15) is 0 Å². The van der Waals surface area contributed by atoms with E-state index in [4.69, 9.17) is 4.74 Å². The summed E-state index contributed by atoms with van der Waals surface area (Å²) in [6, 6.07) is 3.33. The van der Waals surface area contributed by atoms with Crippen molar-refractivity contribution < 1.29 is 24.2 Å². The minimum absolute atomic E-state index is 0.235. The molecule has 0 fully saturated rings. The number of amides is 2. The number of benzene rings is 1. The van der Waals surface area contributed by atoms with Gasteiger partial charge in [0.2, 0.25) is 11.8 Å². The number of carbonyl (C=O) groups is 3. The molecule has 2 amide bonds. The molecule has 138 valence electrons. The van der Waals surface area contributed by atoms with Gasteiger partial charge in [0.05, 0.1) is 18.8 Å². The van der Waals surface area contributed by atoms with Crippen LogP contribution in [-0.4, -0.2) is 42.1 Å². The first-order valence-corrected chi connectivity index (χ1v) is 8.03. The van der Waals surface area contributed by atoms with Crippen LogP contribution in [0, 0.1) is 0 Å². The van der Waals surface area contributed by atoms with Gasteiger partial charge in [-0.25, -0.2) is 0 Å². The number of methoxy groups -OCH3 is 1. The van der Waals surface area contributed by atoms with E-state index in [1.165, 1.54) is 14.0 Å². The van der Waals surface area contributed by atoms with Crippen molar-refractivity contribution in [1.82, 2.24) is 5.32 Å². The van der Waals surface area contributed by atoms with E-state index in [9.17, 15) is 19.5 Å². The van der Waals surface area contributed by atoms with E-state index < -0.39 is 24.0 Å². The Hall–Kier alpha value is -2.61. The van der Waals surface area contributed by atoms with Crippen LogP contribution in [0.3, 0.4) is 0 Å². The zero-order valence-corrected chi connectivity index (χ0v) is 14.9. The maximum absolute atomic E-state index is 12.4. The SMILES string of the molecule is CCCC(NC(C)C(=O)Nc1cc(NC(C)=O)ccc1OC)C(=O)O. The van der Waals surface area contributed by atoms with Gasteiger partial charge in [0, 0.05) is 12.6 Å². The normalized spacial score (nSPS) is 12.8. The van der Waals surface area contributed by atoms with Crippen molar-refractivity contribution in [3.63, 3.8) is 0 Å². The highest BCUT2D eigenvalue weighted by Crippen LogP contribution is 2.28. The molecule has 4 N–H and O–H groups in total. The van der Waals surface area contributed by atoms with E-state index >= 15 is 0 Å². The molecule has 0 aromatic heterocycles. The van der Waals surface area contributed by atoms with Crippen LogP contribution < -0.4 is 20.7 Å². The molecule has 8 nitrogen and oxygen atoms in total. The van der Waals surface area contributed by atoms with Crippen molar-refractivity contribution >= 4 is 29.2 Å². The zero-order chi connectivity index (χ0) is 19.0. The molecule has 1 aromatic carbocycles. The molecule has 25 heavy (non-hydrogen) atoms. The van der Waals surface area contributed by atoms with Crippen molar-refractivity contribution in [1.29, 1.82) is 0 Å². The third-order valence-electron chi connectivity index (χ3n) is 3.50. The third kappa shape index (κ3) is 6.42.